The van der Waals surface area contributed by atoms with E-state index in [1.165, 1.54) is 7.11 Å². The molecule has 0 unspecified atom stereocenters. The number of hydrogen-bond acceptors (Lipinski definition) is 3. The Morgan fingerprint density at radius 3 is 3.00 bits per heavy atom. The maximum absolute atomic E-state index is 11.2. The summed E-state index contributed by atoms with van der Waals surface area (Å²) in [6, 6.07) is 7.89. The molecule has 0 heterocycles. The van der Waals surface area contributed by atoms with Crippen LogP contribution in [0.5, 0.6) is 5.75 Å². The predicted octanol–water partition coefficient (Wildman–Crippen LogP) is 1.67. The summed E-state index contributed by atoms with van der Waals surface area (Å²) in [5, 5.41) is 0. The highest BCUT2D eigenvalue weighted by Gasteiger charge is 2.11. The van der Waals surface area contributed by atoms with Gasteiger partial charge in [0.25, 0.3) is 0 Å². The van der Waals surface area contributed by atoms with Crippen LogP contribution in [-0.2, 0) is 4.74 Å². The van der Waals surface area contributed by atoms with Gasteiger partial charge >= 0.3 is 5.97 Å². The zero-order valence-electron chi connectivity index (χ0n) is 7.66. The molecule has 0 aromatic heterocycles. The third-order valence-corrected chi connectivity index (χ3v) is 1.51. The lowest BCUT2D eigenvalue weighted by atomic mass is 10.2. The molecule has 0 saturated heterocycles. The van der Waals surface area contributed by atoms with Gasteiger partial charge < -0.3 is 9.47 Å². The molecule has 0 saturated carbocycles. The minimum absolute atomic E-state index is 0.403. The van der Waals surface area contributed by atoms with E-state index >= 15 is 0 Å². The molecule has 1 aromatic carbocycles. The molecular formula is C10H11O3. The Hall–Kier alpha value is -1.51. The molecule has 0 aliphatic rings. The van der Waals surface area contributed by atoms with Gasteiger partial charge in [-0.25, -0.2) is 4.79 Å². The highest BCUT2D eigenvalue weighted by Crippen LogP contribution is 2.17. The van der Waals surface area contributed by atoms with E-state index in [1.807, 2.05) is 6.92 Å². The molecule has 1 radical (unpaired) electrons. The molecule has 0 fully saturated rings. The second-order valence-corrected chi connectivity index (χ2v) is 2.34. The lowest BCUT2D eigenvalue weighted by Crippen LogP contribution is -2.05. The van der Waals surface area contributed by atoms with Crippen LogP contribution in [0.4, 0.5) is 0 Å². The second kappa shape index (κ2) is 4.50. The van der Waals surface area contributed by atoms with E-state index in [-0.39, 0.29) is 0 Å². The Bertz CT molecular complexity index is 294. The molecular weight excluding hydrogens is 168 g/mol. The highest BCUT2D eigenvalue weighted by molar-refractivity contribution is 5.92. The van der Waals surface area contributed by atoms with Crippen LogP contribution in [0, 0.1) is 6.07 Å². The first-order valence-electron chi connectivity index (χ1n) is 4.01. The number of methoxy groups -OCH3 is 1. The normalized spacial score (nSPS) is 9.38. The fraction of sp³-hybridized carbons (Fsp3) is 0.300. The van der Waals surface area contributed by atoms with E-state index in [2.05, 4.69) is 10.8 Å². The van der Waals surface area contributed by atoms with Gasteiger partial charge in [0.1, 0.15) is 11.3 Å². The number of benzene rings is 1. The molecule has 3 heteroatoms. The largest absolute Gasteiger partial charge is 0.492 e. The van der Waals surface area contributed by atoms with E-state index in [9.17, 15) is 4.79 Å². The summed E-state index contributed by atoms with van der Waals surface area (Å²) in [5.41, 5.74) is 0.409. The van der Waals surface area contributed by atoms with Gasteiger partial charge in [-0.15, -0.1) is 0 Å². The Morgan fingerprint density at radius 2 is 2.38 bits per heavy atom. The van der Waals surface area contributed by atoms with Gasteiger partial charge in [0.15, 0.2) is 0 Å². The minimum Gasteiger partial charge on any atom is -0.492 e. The molecule has 0 atom stereocenters. The average Bonchev–Trinajstić information content (AvgIpc) is 2.18. The highest BCUT2D eigenvalue weighted by atomic mass is 16.5. The predicted molar refractivity (Wildman–Crippen MR) is 47.8 cm³/mol. The molecule has 69 valence electrons. The van der Waals surface area contributed by atoms with Crippen molar-refractivity contribution in [1.82, 2.24) is 0 Å². The Kier molecular flexibility index (Phi) is 3.31. The second-order valence-electron chi connectivity index (χ2n) is 2.34. The van der Waals surface area contributed by atoms with Crippen LogP contribution in [0.2, 0.25) is 0 Å². The van der Waals surface area contributed by atoms with Gasteiger partial charge in [0.05, 0.1) is 13.7 Å². The zero-order chi connectivity index (χ0) is 9.68. The molecule has 13 heavy (non-hydrogen) atoms. The third-order valence-electron chi connectivity index (χ3n) is 1.51. The summed E-state index contributed by atoms with van der Waals surface area (Å²) in [5.74, 6) is 0.0390. The number of hydrogen-bond donors (Lipinski definition) is 0. The van der Waals surface area contributed by atoms with E-state index in [0.717, 1.165) is 0 Å². The minimum atomic E-state index is -0.403. The first-order valence-corrected chi connectivity index (χ1v) is 4.01. The number of carbonyl (C=O) groups excluding carboxylic acids is 1. The van der Waals surface area contributed by atoms with E-state index in [4.69, 9.17) is 4.74 Å². The maximum Gasteiger partial charge on any atom is 0.341 e. The van der Waals surface area contributed by atoms with E-state index in [1.54, 1.807) is 18.2 Å². The van der Waals surface area contributed by atoms with E-state index in [0.29, 0.717) is 17.9 Å². The van der Waals surface area contributed by atoms with Crippen molar-refractivity contribution in [3.05, 3.63) is 29.8 Å². The van der Waals surface area contributed by atoms with Crippen LogP contribution < -0.4 is 4.74 Å². The SMILES string of the molecule is CCOc1[c]cccc1C(=O)OC. The van der Waals surface area contributed by atoms with Gasteiger partial charge in [-0.1, -0.05) is 12.1 Å². The van der Waals surface area contributed by atoms with Crippen LogP contribution in [-0.4, -0.2) is 19.7 Å². The molecule has 0 N–H and O–H groups in total. The fourth-order valence-electron chi connectivity index (χ4n) is 0.956. The van der Waals surface area contributed by atoms with Crippen molar-refractivity contribution in [3.63, 3.8) is 0 Å². The summed E-state index contributed by atoms with van der Waals surface area (Å²) >= 11 is 0. The van der Waals surface area contributed by atoms with E-state index < -0.39 is 5.97 Å². The number of rotatable bonds is 3. The number of ether oxygens (including phenoxy) is 2. The number of carbonyl (C=O) groups is 1. The van der Waals surface area contributed by atoms with Crippen molar-refractivity contribution in [3.8, 4) is 5.75 Å². The van der Waals surface area contributed by atoms with Gasteiger partial charge in [-0.05, 0) is 13.0 Å². The van der Waals surface area contributed by atoms with Gasteiger partial charge in [0, 0.05) is 6.07 Å². The smallest absolute Gasteiger partial charge is 0.341 e. The van der Waals surface area contributed by atoms with Crippen molar-refractivity contribution in [2.24, 2.45) is 0 Å². The van der Waals surface area contributed by atoms with Crippen LogP contribution in [0.1, 0.15) is 17.3 Å². The van der Waals surface area contributed by atoms with Crippen molar-refractivity contribution < 1.29 is 14.3 Å². The topological polar surface area (TPSA) is 35.5 Å². The van der Waals surface area contributed by atoms with Crippen molar-refractivity contribution in [2.45, 2.75) is 6.92 Å². The summed E-state index contributed by atoms with van der Waals surface area (Å²) in [4.78, 5) is 11.2. The number of esters is 1. The van der Waals surface area contributed by atoms with Gasteiger partial charge in [-0.2, -0.15) is 0 Å². The molecule has 0 aliphatic carbocycles. The Balaban J connectivity index is 2.97. The van der Waals surface area contributed by atoms with Crippen LogP contribution in [0.25, 0.3) is 0 Å². The van der Waals surface area contributed by atoms with Crippen molar-refractivity contribution in [1.29, 1.82) is 0 Å². The number of para-hydroxylation sites is 1. The molecule has 0 bridgehead atoms. The Morgan fingerprint density at radius 1 is 1.62 bits per heavy atom. The van der Waals surface area contributed by atoms with Crippen molar-refractivity contribution in [2.75, 3.05) is 13.7 Å². The van der Waals surface area contributed by atoms with Crippen molar-refractivity contribution >= 4 is 5.97 Å². The summed E-state index contributed by atoms with van der Waals surface area (Å²) in [7, 11) is 1.34. The molecule has 1 aromatic rings. The fourth-order valence-corrected chi connectivity index (χ4v) is 0.956. The molecule has 0 spiro atoms. The monoisotopic (exact) mass is 179 g/mol. The van der Waals surface area contributed by atoms with Gasteiger partial charge in [-0.3, -0.25) is 0 Å². The van der Waals surface area contributed by atoms with Gasteiger partial charge in [0.2, 0.25) is 0 Å². The lowest BCUT2D eigenvalue weighted by Gasteiger charge is -2.06. The first-order chi connectivity index (χ1) is 6.29. The summed E-state index contributed by atoms with van der Waals surface area (Å²) in [6.45, 7) is 2.35. The molecule has 0 aliphatic heterocycles. The third kappa shape index (κ3) is 2.21. The maximum atomic E-state index is 11.2. The zero-order valence-corrected chi connectivity index (χ0v) is 7.66. The van der Waals surface area contributed by atoms with Crippen LogP contribution in [0.3, 0.4) is 0 Å². The summed E-state index contributed by atoms with van der Waals surface area (Å²) in [6.07, 6.45) is 0. The quantitative estimate of drug-likeness (QED) is 0.662. The van der Waals surface area contributed by atoms with Crippen LogP contribution in [0.15, 0.2) is 18.2 Å². The summed E-state index contributed by atoms with van der Waals surface area (Å²) < 4.78 is 9.79. The average molecular weight is 179 g/mol. The molecule has 0 amide bonds. The first kappa shape index (κ1) is 9.58. The lowest BCUT2D eigenvalue weighted by molar-refractivity contribution is 0.0596. The molecule has 1 rings (SSSR count). The Labute approximate surface area is 77.3 Å². The molecule has 3 nitrogen and oxygen atoms in total. The van der Waals surface area contributed by atoms with Crippen LogP contribution >= 0.6 is 0 Å². The standard InChI is InChI=1S/C10H11O3/c1-3-13-9-7-5-4-6-8(9)10(11)12-2/h4-6H,3H2,1-2H3.